The molecule has 3 rings (SSSR count). The van der Waals surface area contributed by atoms with E-state index in [1.54, 1.807) is 39.0 Å². The Morgan fingerprint density at radius 3 is 2.38 bits per heavy atom. The number of ether oxygens (including phenoxy) is 1. The third-order valence-electron chi connectivity index (χ3n) is 5.43. The summed E-state index contributed by atoms with van der Waals surface area (Å²) in [5.74, 6) is 0.346. The third-order valence-corrected chi connectivity index (χ3v) is 5.89. The first-order valence-corrected chi connectivity index (χ1v) is 13.1. The highest BCUT2D eigenvalue weighted by Gasteiger charge is 2.28. The van der Waals surface area contributed by atoms with Crippen molar-refractivity contribution in [3.05, 3.63) is 70.1 Å². The summed E-state index contributed by atoms with van der Waals surface area (Å²) in [6, 6.07) is 12.8. The van der Waals surface area contributed by atoms with E-state index in [1.807, 2.05) is 45.0 Å². The van der Waals surface area contributed by atoms with Crippen LogP contribution in [0.1, 0.15) is 52.7 Å². The van der Waals surface area contributed by atoms with Crippen LogP contribution in [0.3, 0.4) is 0 Å². The van der Waals surface area contributed by atoms with Crippen molar-refractivity contribution in [1.29, 1.82) is 0 Å². The lowest BCUT2D eigenvalue weighted by molar-refractivity contribution is 0.0635. The first-order chi connectivity index (χ1) is 18.1. The molecule has 11 heteroatoms. The van der Waals surface area contributed by atoms with Gasteiger partial charge in [0.15, 0.2) is 5.82 Å². The van der Waals surface area contributed by atoms with Gasteiger partial charge in [-0.25, -0.2) is 14.6 Å². The second kappa shape index (κ2) is 12.1. The average molecular weight is 575 g/mol. The number of hydrogen-bond donors (Lipinski definition) is 3. The summed E-state index contributed by atoms with van der Waals surface area (Å²) in [7, 11) is 0. The van der Waals surface area contributed by atoms with Crippen LogP contribution in [0.15, 0.2) is 48.7 Å². The van der Waals surface area contributed by atoms with E-state index in [0.717, 1.165) is 11.1 Å². The summed E-state index contributed by atoms with van der Waals surface area (Å²) in [5, 5.41) is 16.1. The molecule has 2 amide bonds. The summed E-state index contributed by atoms with van der Waals surface area (Å²) in [5.41, 5.74) is 2.34. The highest BCUT2D eigenvalue weighted by molar-refractivity contribution is 6.33. The van der Waals surface area contributed by atoms with Crippen molar-refractivity contribution in [2.75, 3.05) is 15.5 Å². The zero-order valence-electron chi connectivity index (χ0n) is 22.8. The summed E-state index contributed by atoms with van der Waals surface area (Å²) in [6.07, 6.45) is 0.928. The standard InChI is InChI=1S/C28H33Cl2N5O4/c1-27(2,3)35(26(37)38)20-9-7-8-17(14-20)10-11-18-15-19(32-23-21(29)16-31-24(30)34-23)12-13-22(18)33-25(36)39-28(4,5)6/h7-9,12-16H,10-11H2,1-6H3,(H,33,36)(H,37,38)(H,31,32,34). The highest BCUT2D eigenvalue weighted by atomic mass is 35.5. The number of carboxylic acid groups (broad SMARTS) is 1. The fourth-order valence-corrected chi connectivity index (χ4v) is 4.17. The van der Waals surface area contributed by atoms with Gasteiger partial charge < -0.3 is 15.2 Å². The molecule has 0 saturated carbocycles. The van der Waals surface area contributed by atoms with E-state index in [0.29, 0.717) is 40.7 Å². The van der Waals surface area contributed by atoms with Gasteiger partial charge in [0.05, 0.1) is 6.20 Å². The molecular weight excluding hydrogens is 541 g/mol. The van der Waals surface area contributed by atoms with E-state index in [9.17, 15) is 14.7 Å². The van der Waals surface area contributed by atoms with Gasteiger partial charge in [-0.1, -0.05) is 23.7 Å². The lowest BCUT2D eigenvalue weighted by Gasteiger charge is -2.33. The molecule has 1 heterocycles. The van der Waals surface area contributed by atoms with E-state index in [1.165, 1.54) is 11.1 Å². The Morgan fingerprint density at radius 1 is 1.03 bits per heavy atom. The molecular formula is C28H33Cl2N5O4. The second-order valence-corrected chi connectivity index (χ2v) is 11.7. The summed E-state index contributed by atoms with van der Waals surface area (Å²) in [4.78, 5) is 33.8. The predicted molar refractivity (Wildman–Crippen MR) is 156 cm³/mol. The van der Waals surface area contributed by atoms with Gasteiger partial charge in [0.25, 0.3) is 0 Å². The number of carbonyl (C=O) groups is 2. The maximum absolute atomic E-state index is 12.5. The maximum atomic E-state index is 12.5. The Balaban J connectivity index is 1.90. The minimum atomic E-state index is -1.02. The van der Waals surface area contributed by atoms with Gasteiger partial charge >= 0.3 is 12.2 Å². The molecule has 0 spiro atoms. The summed E-state index contributed by atoms with van der Waals surface area (Å²) in [6.45, 7) is 10.9. The maximum Gasteiger partial charge on any atom is 0.412 e. The van der Waals surface area contributed by atoms with Gasteiger partial charge in [-0.05, 0) is 107 Å². The van der Waals surface area contributed by atoms with Crippen LogP contribution in [-0.2, 0) is 17.6 Å². The number of rotatable bonds is 7. The fraction of sp³-hybridized carbons (Fsp3) is 0.357. The lowest BCUT2D eigenvalue weighted by atomic mass is 10.00. The van der Waals surface area contributed by atoms with Crippen LogP contribution in [0.2, 0.25) is 10.3 Å². The summed E-state index contributed by atoms with van der Waals surface area (Å²) >= 11 is 12.1. The number of aryl methyl sites for hydroxylation is 2. The zero-order chi connectivity index (χ0) is 29.0. The van der Waals surface area contributed by atoms with Crippen molar-refractivity contribution < 1.29 is 19.4 Å². The molecule has 0 unspecified atom stereocenters. The molecule has 0 bridgehead atoms. The molecule has 9 nitrogen and oxygen atoms in total. The Bertz CT molecular complexity index is 1350. The Morgan fingerprint density at radius 2 is 1.74 bits per heavy atom. The molecule has 0 radical (unpaired) electrons. The van der Waals surface area contributed by atoms with Crippen LogP contribution >= 0.6 is 23.2 Å². The van der Waals surface area contributed by atoms with E-state index in [2.05, 4.69) is 20.6 Å². The number of hydrogen-bond acceptors (Lipinski definition) is 6. The van der Waals surface area contributed by atoms with Crippen molar-refractivity contribution in [3.63, 3.8) is 0 Å². The molecule has 208 valence electrons. The smallest absolute Gasteiger partial charge is 0.412 e. The molecule has 0 saturated heterocycles. The van der Waals surface area contributed by atoms with Crippen molar-refractivity contribution in [2.45, 2.75) is 65.5 Å². The molecule has 0 aliphatic heterocycles. The molecule has 0 atom stereocenters. The molecule has 0 aliphatic rings. The number of anilines is 4. The van der Waals surface area contributed by atoms with E-state index in [-0.39, 0.29) is 5.28 Å². The highest BCUT2D eigenvalue weighted by Crippen LogP contribution is 2.29. The van der Waals surface area contributed by atoms with Gasteiger partial charge in [0, 0.05) is 22.6 Å². The van der Waals surface area contributed by atoms with Gasteiger partial charge in [-0.3, -0.25) is 10.2 Å². The van der Waals surface area contributed by atoms with Crippen LogP contribution in [0.4, 0.5) is 32.5 Å². The molecule has 1 aromatic heterocycles. The van der Waals surface area contributed by atoms with Crippen LogP contribution in [0.25, 0.3) is 0 Å². The number of benzene rings is 2. The van der Waals surface area contributed by atoms with Gasteiger partial charge in [-0.2, -0.15) is 4.98 Å². The van der Waals surface area contributed by atoms with Crippen molar-refractivity contribution in [2.24, 2.45) is 0 Å². The monoisotopic (exact) mass is 573 g/mol. The molecule has 2 aromatic carbocycles. The Hall–Kier alpha value is -3.56. The predicted octanol–water partition coefficient (Wildman–Crippen LogP) is 7.94. The van der Waals surface area contributed by atoms with Crippen molar-refractivity contribution >= 4 is 58.3 Å². The lowest BCUT2D eigenvalue weighted by Crippen LogP contribution is -2.45. The first-order valence-electron chi connectivity index (χ1n) is 12.3. The minimum Gasteiger partial charge on any atom is -0.465 e. The SMILES string of the molecule is CC(C)(C)OC(=O)Nc1ccc(Nc2nc(Cl)ncc2Cl)cc1CCc1cccc(N(C(=O)O)C(C)(C)C)c1. The number of halogens is 2. The number of aromatic nitrogens is 2. The molecule has 0 aliphatic carbocycles. The average Bonchev–Trinajstić information content (AvgIpc) is 2.79. The normalized spacial score (nSPS) is 11.6. The number of nitrogens with zero attached hydrogens (tertiary/aromatic N) is 3. The topological polar surface area (TPSA) is 117 Å². The van der Waals surface area contributed by atoms with Crippen LogP contribution in [0, 0.1) is 0 Å². The first kappa shape index (κ1) is 30.0. The van der Waals surface area contributed by atoms with Gasteiger partial charge in [0.2, 0.25) is 5.28 Å². The molecule has 3 aromatic rings. The van der Waals surface area contributed by atoms with Gasteiger partial charge in [-0.15, -0.1) is 0 Å². The number of nitrogens with one attached hydrogen (secondary N) is 2. The molecule has 0 fully saturated rings. The largest absolute Gasteiger partial charge is 0.465 e. The Kier molecular flexibility index (Phi) is 9.30. The third kappa shape index (κ3) is 8.73. The van der Waals surface area contributed by atoms with Crippen molar-refractivity contribution in [3.8, 4) is 0 Å². The van der Waals surface area contributed by atoms with Crippen molar-refractivity contribution in [1.82, 2.24) is 9.97 Å². The summed E-state index contributed by atoms with van der Waals surface area (Å²) < 4.78 is 5.43. The van der Waals surface area contributed by atoms with E-state index >= 15 is 0 Å². The number of carbonyl (C=O) groups excluding carboxylic acids is 1. The second-order valence-electron chi connectivity index (χ2n) is 10.9. The fourth-order valence-electron chi connectivity index (χ4n) is 3.90. The minimum absolute atomic E-state index is 0.0517. The van der Waals surface area contributed by atoms with Crippen LogP contribution in [-0.4, -0.2) is 38.4 Å². The molecule has 3 N–H and O–H groups in total. The van der Waals surface area contributed by atoms with E-state index < -0.39 is 23.3 Å². The van der Waals surface area contributed by atoms with E-state index in [4.69, 9.17) is 27.9 Å². The van der Waals surface area contributed by atoms with Crippen LogP contribution < -0.4 is 15.5 Å². The molecule has 39 heavy (non-hydrogen) atoms. The van der Waals surface area contributed by atoms with Gasteiger partial charge in [0.1, 0.15) is 10.6 Å². The number of amides is 2. The van der Waals surface area contributed by atoms with Crippen LogP contribution in [0.5, 0.6) is 0 Å². The zero-order valence-corrected chi connectivity index (χ0v) is 24.3. The Labute approximate surface area is 238 Å². The quantitative estimate of drug-likeness (QED) is 0.245.